The van der Waals surface area contributed by atoms with Crippen molar-refractivity contribution in [1.29, 1.82) is 0 Å². The molecule has 6 heteroatoms. The van der Waals surface area contributed by atoms with E-state index in [0.29, 0.717) is 16.9 Å². The lowest BCUT2D eigenvalue weighted by molar-refractivity contribution is 0.00267. The van der Waals surface area contributed by atoms with Crippen LogP contribution in [0.3, 0.4) is 0 Å². The van der Waals surface area contributed by atoms with Crippen LogP contribution in [0.4, 0.5) is 5.69 Å². The molecule has 51 heavy (non-hydrogen) atoms. The normalized spacial score (nSPS) is 33.6. The highest BCUT2D eigenvalue weighted by Crippen LogP contribution is 2.58. The molecule has 9 rings (SSSR count). The van der Waals surface area contributed by atoms with Crippen molar-refractivity contribution in [2.24, 2.45) is 11.8 Å². The van der Waals surface area contributed by atoms with Crippen LogP contribution in [-0.2, 0) is 35.7 Å². The minimum atomic E-state index is 0.127. The Morgan fingerprint density at radius 3 is 1.78 bits per heavy atom. The number of fused-ring (bicyclic) bond motifs is 2. The molecule has 0 aromatic heterocycles. The molecule has 280 valence electrons. The summed E-state index contributed by atoms with van der Waals surface area (Å²) >= 11 is 0. The Labute approximate surface area is 309 Å². The first kappa shape index (κ1) is 35.9. The first-order valence-corrected chi connectivity index (χ1v) is 20.8. The molecule has 6 nitrogen and oxygen atoms in total. The van der Waals surface area contributed by atoms with Crippen LogP contribution in [-0.4, -0.2) is 99.4 Å². The minimum Gasteiger partial charge on any atom is -0.496 e. The number of hydrogen-bond donors (Lipinski definition) is 1. The monoisotopic (exact) mass is 697 g/mol. The number of aliphatic hydroxyl groups is 1. The number of methoxy groups -OCH3 is 1. The number of aliphatic hydroxyl groups excluding tert-OH is 1. The molecule has 4 aliphatic carbocycles. The highest BCUT2D eigenvalue weighted by Gasteiger charge is 2.54. The van der Waals surface area contributed by atoms with Crippen molar-refractivity contribution in [3.05, 3.63) is 57.6 Å². The maximum Gasteiger partial charge on any atom is 0.122 e. The Kier molecular flexibility index (Phi) is 9.59. The fraction of sp³-hybridized carbons (Fsp3) is 0.733. The van der Waals surface area contributed by atoms with Crippen LogP contribution in [0.5, 0.6) is 5.75 Å². The van der Waals surface area contributed by atoms with Crippen LogP contribution in [0.1, 0.15) is 118 Å². The minimum absolute atomic E-state index is 0.127. The summed E-state index contributed by atoms with van der Waals surface area (Å²) in [7, 11) is 8.74. The lowest BCUT2D eigenvalue weighted by atomic mass is 9.52. The second-order valence-electron chi connectivity index (χ2n) is 19.1. The Balaban J connectivity index is 0.000000148. The van der Waals surface area contributed by atoms with Crippen LogP contribution in [0, 0.1) is 11.8 Å². The van der Waals surface area contributed by atoms with Gasteiger partial charge in [0.25, 0.3) is 0 Å². The van der Waals surface area contributed by atoms with E-state index in [2.05, 4.69) is 85.8 Å². The van der Waals surface area contributed by atoms with Gasteiger partial charge in [-0.1, -0.05) is 58.6 Å². The van der Waals surface area contributed by atoms with Crippen molar-refractivity contribution < 1.29 is 9.84 Å². The van der Waals surface area contributed by atoms with Gasteiger partial charge in [0, 0.05) is 60.3 Å². The fourth-order valence-electron chi connectivity index (χ4n) is 12.7. The Morgan fingerprint density at radius 1 is 0.706 bits per heavy atom. The summed E-state index contributed by atoms with van der Waals surface area (Å²) in [5.41, 5.74) is 11.2. The van der Waals surface area contributed by atoms with Crippen LogP contribution in [0.25, 0.3) is 0 Å². The zero-order valence-electron chi connectivity index (χ0n) is 33.2. The molecule has 3 aliphatic heterocycles. The van der Waals surface area contributed by atoms with E-state index >= 15 is 0 Å². The zero-order chi connectivity index (χ0) is 35.7. The molecule has 6 atom stereocenters. The quantitative estimate of drug-likeness (QED) is 0.364. The molecule has 4 bridgehead atoms. The predicted octanol–water partition coefficient (Wildman–Crippen LogP) is 7.30. The third-order valence-corrected chi connectivity index (χ3v) is 15.6. The molecule has 2 aromatic carbocycles. The summed E-state index contributed by atoms with van der Waals surface area (Å²) < 4.78 is 5.86. The smallest absolute Gasteiger partial charge is 0.122 e. The molecule has 7 aliphatic rings. The molecule has 1 N–H and O–H groups in total. The number of ether oxygens (including phenoxy) is 1. The van der Waals surface area contributed by atoms with Gasteiger partial charge in [0.05, 0.1) is 13.7 Å². The second-order valence-corrected chi connectivity index (χ2v) is 19.1. The van der Waals surface area contributed by atoms with Gasteiger partial charge in [0.2, 0.25) is 0 Å². The second kappa shape index (κ2) is 13.6. The van der Waals surface area contributed by atoms with E-state index in [9.17, 15) is 5.11 Å². The Hall–Kier alpha value is -2.12. The third kappa shape index (κ3) is 5.97. The number of nitrogens with zero attached hydrogens (tertiary/aromatic N) is 4. The average Bonchev–Trinajstić information content (AvgIpc) is 3.14. The van der Waals surface area contributed by atoms with Gasteiger partial charge in [-0.05, 0) is 143 Å². The lowest BCUT2D eigenvalue weighted by Gasteiger charge is -2.58. The molecular formula is C45H68N4O2. The standard InChI is InChI=1S/C23H35N3O.C22H33NO/c1-24-9-11-26(12-10-24)21-14-17-15-22-19-5-3-4-6-23(19,7-8-25(22)2)20(17)13-18(21)16-27;1-21(2,3)18-12-15-13-19-16-8-6-7-9-22(16,10-11-23(19)4)17(15)14-20(18)24-5/h13-14,19,22,27H,3-12,15-16H2,1-2H3;12,14,16,19H,6-11,13H2,1-5H3/t19-,22+,23+;16-,19+,22+/m11/s1. The van der Waals surface area contributed by atoms with E-state index in [-0.39, 0.29) is 12.0 Å². The molecular weight excluding hydrogens is 629 g/mol. The SMILES string of the molecule is CN1CCN(c2cc3c(cc2CO)[C@]24CCCC[C@@H]2[C@H](C3)N(C)CC4)CC1.COc1cc2c(cc1C(C)(C)C)C[C@H]1[C@H]3CCCC[C@@]23CCN1C. The van der Waals surface area contributed by atoms with Crippen molar-refractivity contribution in [2.45, 2.75) is 133 Å². The van der Waals surface area contributed by atoms with Gasteiger partial charge < -0.3 is 29.4 Å². The van der Waals surface area contributed by atoms with Gasteiger partial charge in [-0.3, -0.25) is 0 Å². The first-order chi connectivity index (χ1) is 24.5. The Morgan fingerprint density at radius 2 is 1.25 bits per heavy atom. The highest BCUT2D eigenvalue weighted by molar-refractivity contribution is 5.61. The largest absolute Gasteiger partial charge is 0.496 e. The molecule has 2 saturated carbocycles. The topological polar surface area (TPSA) is 42.4 Å². The summed E-state index contributed by atoms with van der Waals surface area (Å²) in [6, 6.07) is 11.3. The van der Waals surface area contributed by atoms with E-state index in [1.165, 1.54) is 101 Å². The molecule has 0 radical (unpaired) electrons. The third-order valence-electron chi connectivity index (χ3n) is 15.6. The van der Waals surface area contributed by atoms with Crippen molar-refractivity contribution >= 4 is 5.69 Å². The zero-order valence-corrected chi connectivity index (χ0v) is 33.2. The van der Waals surface area contributed by atoms with Gasteiger partial charge in [-0.25, -0.2) is 0 Å². The molecule has 2 aromatic rings. The molecule has 5 fully saturated rings. The number of piperidine rings is 2. The molecule has 0 amide bonds. The number of benzene rings is 2. The van der Waals surface area contributed by atoms with Gasteiger partial charge >= 0.3 is 0 Å². The van der Waals surface area contributed by atoms with Gasteiger partial charge in [-0.2, -0.15) is 0 Å². The van der Waals surface area contributed by atoms with Crippen molar-refractivity contribution in [1.82, 2.24) is 14.7 Å². The van der Waals surface area contributed by atoms with Crippen LogP contribution < -0.4 is 9.64 Å². The number of anilines is 1. The van der Waals surface area contributed by atoms with Crippen molar-refractivity contribution in [3.8, 4) is 5.75 Å². The first-order valence-electron chi connectivity index (χ1n) is 20.8. The number of piperazine rings is 1. The molecule has 3 saturated heterocycles. The van der Waals surface area contributed by atoms with E-state index in [1.54, 1.807) is 22.3 Å². The highest BCUT2D eigenvalue weighted by atomic mass is 16.5. The van der Waals surface area contributed by atoms with Crippen LogP contribution in [0.2, 0.25) is 0 Å². The maximum absolute atomic E-state index is 10.2. The number of hydrogen-bond acceptors (Lipinski definition) is 6. The number of likely N-dealkylation sites (N-methyl/N-ethyl adjacent to an activating group) is 3. The van der Waals surface area contributed by atoms with Crippen molar-refractivity contribution in [2.75, 3.05) is 72.4 Å². The summed E-state index contributed by atoms with van der Waals surface area (Å²) in [5, 5.41) is 10.2. The summed E-state index contributed by atoms with van der Waals surface area (Å²) in [6.45, 7) is 13.9. The number of likely N-dealkylation sites (tertiary alicyclic amines) is 2. The maximum atomic E-state index is 10.2. The summed E-state index contributed by atoms with van der Waals surface area (Å²) in [6.07, 6.45) is 16.2. The van der Waals surface area contributed by atoms with Gasteiger partial charge in [0.15, 0.2) is 0 Å². The predicted molar refractivity (Wildman–Crippen MR) is 211 cm³/mol. The van der Waals surface area contributed by atoms with E-state index in [4.69, 9.17) is 4.74 Å². The average molecular weight is 697 g/mol. The summed E-state index contributed by atoms with van der Waals surface area (Å²) in [4.78, 5) is 10.2. The van der Waals surface area contributed by atoms with E-state index in [0.717, 1.165) is 55.4 Å². The van der Waals surface area contributed by atoms with E-state index < -0.39 is 0 Å². The summed E-state index contributed by atoms with van der Waals surface area (Å²) in [5.74, 6) is 2.78. The molecule has 0 spiro atoms. The van der Waals surface area contributed by atoms with Gasteiger partial charge in [0.1, 0.15) is 5.75 Å². The lowest BCUT2D eigenvalue weighted by Crippen LogP contribution is -2.59. The fourth-order valence-corrected chi connectivity index (χ4v) is 12.7. The number of rotatable bonds is 3. The van der Waals surface area contributed by atoms with Crippen LogP contribution >= 0.6 is 0 Å². The van der Waals surface area contributed by atoms with Gasteiger partial charge in [-0.15, -0.1) is 0 Å². The van der Waals surface area contributed by atoms with Crippen LogP contribution in [0.15, 0.2) is 24.3 Å². The molecule has 0 unspecified atom stereocenters. The Bertz CT molecular complexity index is 1590. The van der Waals surface area contributed by atoms with E-state index in [1.807, 2.05) is 7.11 Å². The van der Waals surface area contributed by atoms with Crippen molar-refractivity contribution in [3.63, 3.8) is 0 Å². The molecule has 3 heterocycles.